The number of nitrogens with one attached hydrogen (secondary N) is 1. The number of aromatic nitrogens is 3. The predicted octanol–water partition coefficient (Wildman–Crippen LogP) is 1.56. The summed E-state index contributed by atoms with van der Waals surface area (Å²) in [7, 11) is 0. The van der Waals surface area contributed by atoms with Crippen LogP contribution in [0.3, 0.4) is 0 Å². The van der Waals surface area contributed by atoms with Crippen LogP contribution in [-0.4, -0.2) is 38.5 Å². The van der Waals surface area contributed by atoms with Crippen molar-refractivity contribution in [2.45, 2.75) is 12.7 Å². The van der Waals surface area contributed by atoms with Gasteiger partial charge in [-0.3, -0.25) is 4.79 Å². The van der Waals surface area contributed by atoms with Gasteiger partial charge in [-0.1, -0.05) is 5.21 Å². The van der Waals surface area contributed by atoms with Crippen LogP contribution in [0.2, 0.25) is 0 Å². The maximum absolute atomic E-state index is 13.5. The van der Waals surface area contributed by atoms with Crippen LogP contribution in [0.25, 0.3) is 0 Å². The summed E-state index contributed by atoms with van der Waals surface area (Å²) >= 11 is 0. The molecule has 0 radical (unpaired) electrons. The molecule has 128 valence electrons. The van der Waals surface area contributed by atoms with Crippen molar-refractivity contribution in [2.75, 3.05) is 6.54 Å². The molecule has 0 fully saturated rings. The minimum Gasteiger partial charge on any atom is -0.476 e. The second kappa shape index (κ2) is 6.64. The van der Waals surface area contributed by atoms with E-state index in [2.05, 4.69) is 15.6 Å². The fourth-order valence-electron chi connectivity index (χ4n) is 1.76. The quantitative estimate of drug-likeness (QED) is 0.801. The third-order valence-electron chi connectivity index (χ3n) is 2.92. The first-order valence-corrected chi connectivity index (χ1v) is 6.47. The Bertz CT molecular complexity index is 773. The van der Waals surface area contributed by atoms with Gasteiger partial charge in [0.25, 0.3) is 5.91 Å². The van der Waals surface area contributed by atoms with Crippen molar-refractivity contribution in [2.24, 2.45) is 0 Å². The van der Waals surface area contributed by atoms with Gasteiger partial charge in [0.2, 0.25) is 0 Å². The lowest BCUT2D eigenvalue weighted by atomic mass is 10.1. The molecule has 11 heteroatoms. The Balaban J connectivity index is 2.00. The summed E-state index contributed by atoms with van der Waals surface area (Å²) in [5.41, 5.74) is -2.18. The molecule has 7 nitrogen and oxygen atoms in total. The molecule has 1 aromatic carbocycles. The molecule has 2 N–H and O–H groups in total. The first kappa shape index (κ1) is 17.4. The third-order valence-corrected chi connectivity index (χ3v) is 2.92. The zero-order chi connectivity index (χ0) is 17.9. The lowest BCUT2D eigenvalue weighted by Crippen LogP contribution is -2.28. The number of carbonyl (C=O) groups is 2. The second-order valence-corrected chi connectivity index (χ2v) is 4.62. The third kappa shape index (κ3) is 4.06. The maximum Gasteiger partial charge on any atom is 0.416 e. The van der Waals surface area contributed by atoms with E-state index in [0.29, 0.717) is 18.2 Å². The summed E-state index contributed by atoms with van der Waals surface area (Å²) in [6.45, 7) is -0.108. The summed E-state index contributed by atoms with van der Waals surface area (Å²) < 4.78 is 52.4. The molecular formula is C13H10F4N4O3. The van der Waals surface area contributed by atoms with Gasteiger partial charge in [-0.05, 0) is 18.2 Å². The Morgan fingerprint density at radius 3 is 2.58 bits per heavy atom. The molecule has 0 spiro atoms. The van der Waals surface area contributed by atoms with Gasteiger partial charge in [0, 0.05) is 6.54 Å². The number of halogens is 4. The molecule has 0 saturated heterocycles. The highest BCUT2D eigenvalue weighted by atomic mass is 19.4. The lowest BCUT2D eigenvalue weighted by Gasteiger charge is -2.10. The van der Waals surface area contributed by atoms with Crippen LogP contribution in [0.15, 0.2) is 24.4 Å². The number of alkyl halides is 3. The number of benzene rings is 1. The van der Waals surface area contributed by atoms with E-state index in [4.69, 9.17) is 5.11 Å². The molecule has 1 aromatic heterocycles. The van der Waals surface area contributed by atoms with E-state index >= 15 is 0 Å². The van der Waals surface area contributed by atoms with Crippen LogP contribution in [0, 0.1) is 5.82 Å². The molecule has 0 unspecified atom stereocenters. The molecular weight excluding hydrogens is 336 g/mol. The van der Waals surface area contributed by atoms with E-state index in [1.54, 1.807) is 0 Å². The summed E-state index contributed by atoms with van der Waals surface area (Å²) in [6.07, 6.45) is -3.59. The van der Waals surface area contributed by atoms with Crippen molar-refractivity contribution in [1.82, 2.24) is 20.3 Å². The van der Waals surface area contributed by atoms with Gasteiger partial charge < -0.3 is 10.4 Å². The van der Waals surface area contributed by atoms with Crippen molar-refractivity contribution in [3.63, 3.8) is 0 Å². The molecule has 1 heterocycles. The highest BCUT2D eigenvalue weighted by molar-refractivity contribution is 5.94. The average Bonchev–Trinajstić information content (AvgIpc) is 2.95. The van der Waals surface area contributed by atoms with Gasteiger partial charge in [-0.25, -0.2) is 13.9 Å². The summed E-state index contributed by atoms with van der Waals surface area (Å²) in [5.74, 6) is -3.40. The first-order chi connectivity index (χ1) is 11.2. The molecule has 24 heavy (non-hydrogen) atoms. The number of nitrogens with zero attached hydrogens (tertiary/aromatic N) is 3. The number of carbonyl (C=O) groups excluding carboxylic acids is 1. The van der Waals surface area contributed by atoms with E-state index in [1.165, 1.54) is 0 Å². The van der Waals surface area contributed by atoms with E-state index in [0.717, 1.165) is 10.9 Å². The van der Waals surface area contributed by atoms with Crippen LogP contribution < -0.4 is 5.32 Å². The molecule has 1 amide bonds. The van der Waals surface area contributed by atoms with Crippen molar-refractivity contribution >= 4 is 11.9 Å². The Morgan fingerprint density at radius 2 is 2.00 bits per heavy atom. The van der Waals surface area contributed by atoms with Crippen LogP contribution >= 0.6 is 0 Å². The van der Waals surface area contributed by atoms with Crippen molar-refractivity contribution < 1.29 is 32.3 Å². The summed E-state index contributed by atoms with van der Waals surface area (Å²) in [6, 6.07) is 1.52. The van der Waals surface area contributed by atoms with E-state index in [-0.39, 0.29) is 18.8 Å². The van der Waals surface area contributed by atoms with Crippen molar-refractivity contribution in [3.05, 3.63) is 47.0 Å². The van der Waals surface area contributed by atoms with Gasteiger partial charge in [0.15, 0.2) is 5.69 Å². The molecule has 0 saturated carbocycles. The largest absolute Gasteiger partial charge is 0.476 e. The van der Waals surface area contributed by atoms with Crippen molar-refractivity contribution in [1.29, 1.82) is 0 Å². The molecule has 0 bridgehead atoms. The SMILES string of the molecule is O=C(O)c1cn(CCNC(=O)c2cc(C(F)(F)F)ccc2F)nn1. The number of carboxylic acids is 1. The molecule has 0 atom stereocenters. The minimum absolute atomic E-state index is 0.00655. The molecule has 2 aromatic rings. The smallest absolute Gasteiger partial charge is 0.416 e. The van der Waals surface area contributed by atoms with Gasteiger partial charge in [-0.2, -0.15) is 13.2 Å². The van der Waals surface area contributed by atoms with Gasteiger partial charge in [0.1, 0.15) is 5.82 Å². The van der Waals surface area contributed by atoms with E-state index in [9.17, 15) is 27.2 Å². The Hall–Kier alpha value is -2.98. The average molecular weight is 346 g/mol. The van der Waals surface area contributed by atoms with Crippen LogP contribution in [0.5, 0.6) is 0 Å². The fraction of sp³-hybridized carbons (Fsp3) is 0.231. The van der Waals surface area contributed by atoms with Gasteiger partial charge in [-0.15, -0.1) is 5.10 Å². The standard InChI is InChI=1S/C13H10F4N4O3/c14-9-2-1-7(13(15,16)17)5-8(9)11(22)18-3-4-21-6-10(12(23)24)19-20-21/h1-2,5-6H,3-4H2,(H,18,22)(H,23,24). The number of aromatic carboxylic acids is 1. The summed E-state index contributed by atoms with van der Waals surface area (Å²) in [4.78, 5) is 22.4. The minimum atomic E-state index is -4.70. The number of hydrogen-bond donors (Lipinski definition) is 2. The highest BCUT2D eigenvalue weighted by Gasteiger charge is 2.31. The highest BCUT2D eigenvalue weighted by Crippen LogP contribution is 2.30. The van der Waals surface area contributed by atoms with Crippen LogP contribution in [-0.2, 0) is 12.7 Å². The number of rotatable bonds is 5. The Morgan fingerprint density at radius 1 is 1.29 bits per heavy atom. The number of hydrogen-bond acceptors (Lipinski definition) is 4. The fourth-order valence-corrected chi connectivity index (χ4v) is 1.76. The lowest BCUT2D eigenvalue weighted by molar-refractivity contribution is -0.137. The first-order valence-electron chi connectivity index (χ1n) is 6.47. The molecule has 0 aliphatic rings. The zero-order valence-electron chi connectivity index (χ0n) is 11.8. The molecule has 0 aliphatic heterocycles. The topological polar surface area (TPSA) is 97.1 Å². The molecule has 0 aliphatic carbocycles. The van der Waals surface area contributed by atoms with Crippen molar-refractivity contribution in [3.8, 4) is 0 Å². The predicted molar refractivity (Wildman–Crippen MR) is 70.7 cm³/mol. The van der Waals surface area contributed by atoms with E-state index in [1.807, 2.05) is 0 Å². The van der Waals surface area contributed by atoms with Crippen LogP contribution in [0.4, 0.5) is 17.6 Å². The monoisotopic (exact) mass is 346 g/mol. The number of amides is 1. The van der Waals surface area contributed by atoms with Gasteiger partial charge in [0.05, 0.1) is 23.9 Å². The van der Waals surface area contributed by atoms with Crippen LogP contribution in [0.1, 0.15) is 26.4 Å². The Labute approximate surface area is 131 Å². The summed E-state index contributed by atoms with van der Waals surface area (Å²) in [5, 5.41) is 17.7. The van der Waals surface area contributed by atoms with E-state index < -0.39 is 35.0 Å². The molecule has 2 rings (SSSR count). The van der Waals surface area contributed by atoms with Gasteiger partial charge >= 0.3 is 12.1 Å². The Kier molecular flexibility index (Phi) is 4.81. The maximum atomic E-state index is 13.5. The number of carboxylic acid groups (broad SMARTS) is 1. The zero-order valence-corrected chi connectivity index (χ0v) is 11.8. The second-order valence-electron chi connectivity index (χ2n) is 4.62. The normalized spacial score (nSPS) is 11.3.